The van der Waals surface area contributed by atoms with Crippen molar-refractivity contribution < 1.29 is 0 Å². The molecule has 62 valence electrons. The van der Waals surface area contributed by atoms with Crippen LogP contribution in [0.4, 0.5) is 0 Å². The molecule has 0 aromatic rings. The lowest BCUT2D eigenvalue weighted by atomic mass is 10.0. The largest absolute Gasteiger partial charge is 0.320 e. The van der Waals surface area contributed by atoms with Gasteiger partial charge in [-0.1, -0.05) is 19.1 Å². The minimum atomic E-state index is 0.697. The summed E-state index contributed by atoms with van der Waals surface area (Å²) in [5.41, 5.74) is 4.41. The van der Waals surface area contributed by atoms with Crippen molar-refractivity contribution in [3.05, 3.63) is 23.9 Å². The van der Waals surface area contributed by atoms with Crippen molar-refractivity contribution in [2.24, 2.45) is 5.92 Å². The molecule has 2 heteroatoms. The van der Waals surface area contributed by atoms with Crippen LogP contribution in [0.3, 0.4) is 0 Å². The molecular weight excluding hydrogens is 136 g/mol. The highest BCUT2D eigenvalue weighted by molar-refractivity contribution is 5.20. The second kappa shape index (κ2) is 3.58. The van der Waals surface area contributed by atoms with Gasteiger partial charge in [0, 0.05) is 19.8 Å². The van der Waals surface area contributed by atoms with E-state index < -0.39 is 0 Å². The summed E-state index contributed by atoms with van der Waals surface area (Å²) in [6.07, 6.45) is 7.73. The fourth-order valence-corrected chi connectivity index (χ4v) is 1.07. The predicted octanol–water partition coefficient (Wildman–Crippen LogP) is 1.53. The molecule has 0 saturated heterocycles. The summed E-state index contributed by atoms with van der Waals surface area (Å²) < 4.78 is 0. The van der Waals surface area contributed by atoms with Gasteiger partial charge in [0.25, 0.3) is 0 Å². The molecule has 0 saturated carbocycles. The number of nitrogens with zero attached hydrogens (tertiary/aromatic N) is 1. The van der Waals surface area contributed by atoms with Crippen molar-refractivity contribution in [1.29, 1.82) is 0 Å². The first kappa shape index (κ1) is 8.34. The maximum Gasteiger partial charge on any atom is 0.0447 e. The van der Waals surface area contributed by atoms with E-state index in [1.54, 1.807) is 0 Å². The van der Waals surface area contributed by atoms with Crippen LogP contribution in [0.2, 0.25) is 0 Å². The quantitative estimate of drug-likeness (QED) is 0.604. The Labute approximate surface area is 68.6 Å². The number of hydrogen-bond acceptors (Lipinski definition) is 2. The zero-order valence-electron chi connectivity index (χ0n) is 7.46. The van der Waals surface area contributed by atoms with Gasteiger partial charge in [0.15, 0.2) is 0 Å². The van der Waals surface area contributed by atoms with Crippen LogP contribution in [-0.4, -0.2) is 19.1 Å². The van der Waals surface area contributed by atoms with Crippen LogP contribution in [0.25, 0.3) is 0 Å². The van der Waals surface area contributed by atoms with Crippen molar-refractivity contribution in [2.45, 2.75) is 13.3 Å². The third-order valence-electron chi connectivity index (χ3n) is 1.67. The third-order valence-corrected chi connectivity index (χ3v) is 1.67. The number of hydrogen-bond donors (Lipinski definition) is 1. The summed E-state index contributed by atoms with van der Waals surface area (Å²) >= 11 is 0. The fraction of sp³-hybridized carbons (Fsp3) is 0.556. The molecule has 1 aliphatic carbocycles. The lowest BCUT2D eigenvalue weighted by molar-refractivity contribution is 0.331. The molecule has 0 spiro atoms. The Kier molecular flexibility index (Phi) is 2.71. The van der Waals surface area contributed by atoms with E-state index in [4.69, 9.17) is 0 Å². The lowest BCUT2D eigenvalue weighted by Crippen LogP contribution is -2.29. The Balaban J connectivity index is 2.43. The van der Waals surface area contributed by atoms with E-state index in [1.807, 2.05) is 19.1 Å². The minimum absolute atomic E-state index is 0.697. The molecule has 0 fully saturated rings. The van der Waals surface area contributed by atoms with Crippen molar-refractivity contribution in [1.82, 2.24) is 10.4 Å². The van der Waals surface area contributed by atoms with Crippen LogP contribution < -0.4 is 5.43 Å². The first-order valence-electron chi connectivity index (χ1n) is 4.01. The first-order valence-corrected chi connectivity index (χ1v) is 4.01. The molecule has 0 aliphatic heterocycles. The van der Waals surface area contributed by atoms with Crippen LogP contribution in [0, 0.1) is 5.92 Å². The molecule has 1 rings (SSSR count). The Hall–Kier alpha value is -0.760. The van der Waals surface area contributed by atoms with Crippen LogP contribution in [0.5, 0.6) is 0 Å². The third kappa shape index (κ3) is 2.76. The number of rotatable bonds is 2. The number of nitrogens with one attached hydrogen (secondary N) is 1. The van der Waals surface area contributed by atoms with Gasteiger partial charge in [0.1, 0.15) is 0 Å². The Morgan fingerprint density at radius 2 is 2.27 bits per heavy atom. The Morgan fingerprint density at radius 3 is 2.73 bits per heavy atom. The fourth-order valence-electron chi connectivity index (χ4n) is 1.07. The minimum Gasteiger partial charge on any atom is -0.320 e. The normalized spacial score (nSPS) is 23.6. The lowest BCUT2D eigenvalue weighted by Gasteiger charge is -2.17. The zero-order chi connectivity index (χ0) is 8.27. The zero-order valence-corrected chi connectivity index (χ0v) is 7.46. The maximum absolute atomic E-state index is 3.21. The van der Waals surface area contributed by atoms with Gasteiger partial charge in [-0.15, -0.1) is 0 Å². The molecule has 0 radical (unpaired) electrons. The van der Waals surface area contributed by atoms with Crippen molar-refractivity contribution in [3.8, 4) is 0 Å². The Bertz CT molecular complexity index is 180. The smallest absolute Gasteiger partial charge is 0.0447 e. The molecule has 1 N–H and O–H groups in total. The molecule has 0 heterocycles. The van der Waals surface area contributed by atoms with Crippen LogP contribution in [0.1, 0.15) is 13.3 Å². The molecule has 1 unspecified atom stereocenters. The van der Waals surface area contributed by atoms with E-state index in [0.717, 1.165) is 6.42 Å². The first-order chi connectivity index (χ1) is 5.18. The van der Waals surface area contributed by atoms with Gasteiger partial charge >= 0.3 is 0 Å². The van der Waals surface area contributed by atoms with Gasteiger partial charge < -0.3 is 5.43 Å². The highest BCUT2D eigenvalue weighted by Crippen LogP contribution is 2.13. The van der Waals surface area contributed by atoms with Gasteiger partial charge in [-0.25, -0.2) is 5.01 Å². The predicted molar refractivity (Wildman–Crippen MR) is 47.8 cm³/mol. The summed E-state index contributed by atoms with van der Waals surface area (Å²) in [4.78, 5) is 0. The van der Waals surface area contributed by atoms with Crippen LogP contribution in [-0.2, 0) is 0 Å². The van der Waals surface area contributed by atoms with Gasteiger partial charge in [-0.05, 0) is 18.4 Å². The highest BCUT2D eigenvalue weighted by Gasteiger charge is 2.02. The average Bonchev–Trinajstić information content (AvgIpc) is 1.93. The van der Waals surface area contributed by atoms with Gasteiger partial charge in [0.2, 0.25) is 0 Å². The van der Waals surface area contributed by atoms with Crippen molar-refractivity contribution in [2.75, 3.05) is 14.1 Å². The summed E-state index contributed by atoms with van der Waals surface area (Å²) in [6.45, 7) is 2.22. The van der Waals surface area contributed by atoms with Crippen LogP contribution >= 0.6 is 0 Å². The highest BCUT2D eigenvalue weighted by atomic mass is 15.5. The molecule has 0 amide bonds. The summed E-state index contributed by atoms with van der Waals surface area (Å²) in [7, 11) is 3.99. The topological polar surface area (TPSA) is 15.3 Å². The van der Waals surface area contributed by atoms with Gasteiger partial charge in [-0.2, -0.15) is 0 Å². The molecule has 11 heavy (non-hydrogen) atoms. The monoisotopic (exact) mass is 152 g/mol. The van der Waals surface area contributed by atoms with E-state index >= 15 is 0 Å². The molecular formula is C9H16N2. The van der Waals surface area contributed by atoms with E-state index in [0.29, 0.717) is 5.92 Å². The molecule has 0 bridgehead atoms. The number of hydrazine groups is 1. The Morgan fingerprint density at radius 1 is 1.55 bits per heavy atom. The van der Waals surface area contributed by atoms with Gasteiger partial charge in [0.05, 0.1) is 0 Å². The SMILES string of the molecule is CC1C=CC(NN(C)C)=CC1. The standard InChI is InChI=1S/C9H16N2/c1-8-4-6-9(7-5-8)10-11(2)3/h4,6-8,10H,5H2,1-3H3. The average molecular weight is 152 g/mol. The summed E-state index contributed by atoms with van der Waals surface area (Å²) in [5.74, 6) is 0.697. The van der Waals surface area contributed by atoms with E-state index in [-0.39, 0.29) is 0 Å². The van der Waals surface area contributed by atoms with E-state index in [2.05, 4.69) is 30.6 Å². The molecule has 0 aromatic heterocycles. The van der Waals surface area contributed by atoms with Gasteiger partial charge in [-0.3, -0.25) is 0 Å². The van der Waals surface area contributed by atoms with E-state index in [9.17, 15) is 0 Å². The molecule has 1 aliphatic rings. The molecule has 0 aromatic carbocycles. The maximum atomic E-state index is 3.21. The number of allylic oxidation sites excluding steroid dienone is 3. The second-order valence-electron chi connectivity index (χ2n) is 3.24. The van der Waals surface area contributed by atoms with Crippen molar-refractivity contribution in [3.63, 3.8) is 0 Å². The molecule has 2 nitrogen and oxygen atoms in total. The summed E-state index contributed by atoms with van der Waals surface area (Å²) in [5, 5.41) is 1.95. The summed E-state index contributed by atoms with van der Waals surface area (Å²) in [6, 6.07) is 0. The second-order valence-corrected chi connectivity index (χ2v) is 3.24. The van der Waals surface area contributed by atoms with Crippen molar-refractivity contribution >= 4 is 0 Å². The van der Waals surface area contributed by atoms with Crippen LogP contribution in [0.15, 0.2) is 23.9 Å². The van der Waals surface area contributed by atoms with E-state index in [1.165, 1.54) is 5.70 Å². The molecule has 1 atom stereocenters.